The highest BCUT2D eigenvalue weighted by Crippen LogP contribution is 2.25. The van der Waals surface area contributed by atoms with Gasteiger partial charge >= 0.3 is 5.97 Å². The summed E-state index contributed by atoms with van der Waals surface area (Å²) in [5.74, 6) is -1.14. The normalized spacial score (nSPS) is 16.6. The number of aliphatic hydroxyl groups excluding tert-OH is 1. The van der Waals surface area contributed by atoms with Gasteiger partial charge in [0.15, 0.2) is 6.10 Å². The molecular formula is C13H16O3. The maximum Gasteiger partial charge on any atom is 0.332 e. The van der Waals surface area contributed by atoms with Gasteiger partial charge in [-0.05, 0) is 42.4 Å². The summed E-state index contributed by atoms with van der Waals surface area (Å²) in [6.07, 6.45) is 3.39. The van der Waals surface area contributed by atoms with Gasteiger partial charge in [-0.15, -0.1) is 0 Å². The average molecular weight is 220 g/mol. The summed E-state index contributed by atoms with van der Waals surface area (Å²) < 4.78 is 0. The molecule has 0 amide bonds. The molecule has 0 bridgehead atoms. The molecule has 0 aliphatic heterocycles. The van der Waals surface area contributed by atoms with Gasteiger partial charge in [0, 0.05) is 6.42 Å². The van der Waals surface area contributed by atoms with Gasteiger partial charge < -0.3 is 10.2 Å². The molecule has 0 spiro atoms. The molecule has 0 aromatic heterocycles. The zero-order chi connectivity index (χ0) is 11.5. The van der Waals surface area contributed by atoms with Crippen LogP contribution in [-0.2, 0) is 24.1 Å². The van der Waals surface area contributed by atoms with E-state index in [0.29, 0.717) is 0 Å². The van der Waals surface area contributed by atoms with E-state index in [2.05, 4.69) is 6.07 Å². The monoisotopic (exact) mass is 220 g/mol. The molecule has 0 fully saturated rings. The molecule has 3 nitrogen and oxygen atoms in total. The van der Waals surface area contributed by atoms with E-state index in [1.54, 1.807) is 0 Å². The predicted molar refractivity (Wildman–Crippen MR) is 60.4 cm³/mol. The van der Waals surface area contributed by atoms with Crippen LogP contribution >= 0.6 is 0 Å². The number of hydrogen-bond acceptors (Lipinski definition) is 2. The zero-order valence-corrected chi connectivity index (χ0v) is 9.15. The molecule has 1 aromatic carbocycles. The zero-order valence-electron chi connectivity index (χ0n) is 9.15. The molecule has 0 saturated carbocycles. The van der Waals surface area contributed by atoms with E-state index in [4.69, 9.17) is 5.11 Å². The molecule has 1 aliphatic carbocycles. The molecule has 1 aliphatic rings. The second-order valence-corrected chi connectivity index (χ2v) is 4.32. The molecule has 86 valence electrons. The fourth-order valence-corrected chi connectivity index (χ4v) is 2.35. The minimum atomic E-state index is -1.28. The van der Waals surface area contributed by atoms with Crippen LogP contribution in [0.25, 0.3) is 0 Å². The number of aryl methyl sites for hydroxylation is 1. The number of rotatable bonds is 3. The number of benzene rings is 1. The molecule has 1 aromatic rings. The Hall–Kier alpha value is -1.35. The van der Waals surface area contributed by atoms with E-state index < -0.39 is 12.1 Å². The van der Waals surface area contributed by atoms with Crippen molar-refractivity contribution >= 4 is 5.97 Å². The molecule has 0 heterocycles. The third-order valence-corrected chi connectivity index (χ3v) is 3.19. The van der Waals surface area contributed by atoms with Crippen LogP contribution in [-0.4, -0.2) is 22.3 Å². The first-order chi connectivity index (χ1) is 7.68. The van der Waals surface area contributed by atoms with Crippen LogP contribution in [0.3, 0.4) is 0 Å². The molecule has 1 unspecified atom stereocenters. The van der Waals surface area contributed by atoms with Crippen LogP contribution in [0.1, 0.15) is 29.5 Å². The molecule has 0 radical (unpaired) electrons. The predicted octanol–water partition coefficient (Wildman–Crippen LogP) is 1.55. The fraction of sp³-hybridized carbons (Fsp3) is 0.462. The lowest BCUT2D eigenvalue weighted by Gasteiger charge is -2.19. The van der Waals surface area contributed by atoms with Crippen molar-refractivity contribution in [2.45, 2.75) is 38.2 Å². The van der Waals surface area contributed by atoms with E-state index in [-0.39, 0.29) is 6.42 Å². The Morgan fingerprint density at radius 2 is 2.06 bits per heavy atom. The van der Waals surface area contributed by atoms with Crippen molar-refractivity contribution in [1.29, 1.82) is 0 Å². The van der Waals surface area contributed by atoms with Crippen molar-refractivity contribution in [2.24, 2.45) is 0 Å². The maximum atomic E-state index is 10.6. The number of aliphatic carboxylic acids is 1. The first-order valence-corrected chi connectivity index (χ1v) is 5.69. The number of carbonyl (C=O) groups is 1. The van der Waals surface area contributed by atoms with Gasteiger partial charge in [-0.3, -0.25) is 0 Å². The summed E-state index contributed by atoms with van der Waals surface area (Å²) in [5.41, 5.74) is 3.57. The number of hydrogen-bond donors (Lipinski definition) is 2. The van der Waals surface area contributed by atoms with Crippen LogP contribution in [0, 0.1) is 0 Å². The van der Waals surface area contributed by atoms with Crippen LogP contribution in [0.5, 0.6) is 0 Å². The SMILES string of the molecule is O=C(O)C(O)Cc1cccc2c1CCCC2. The minimum absolute atomic E-state index is 0.221. The van der Waals surface area contributed by atoms with Crippen molar-refractivity contribution in [3.05, 3.63) is 34.9 Å². The highest BCUT2D eigenvalue weighted by atomic mass is 16.4. The van der Waals surface area contributed by atoms with E-state index in [1.807, 2.05) is 12.1 Å². The molecule has 0 saturated heterocycles. The van der Waals surface area contributed by atoms with Crippen LogP contribution in [0.15, 0.2) is 18.2 Å². The van der Waals surface area contributed by atoms with Gasteiger partial charge in [0.1, 0.15) is 0 Å². The highest BCUT2D eigenvalue weighted by Gasteiger charge is 2.18. The van der Waals surface area contributed by atoms with E-state index in [9.17, 15) is 9.90 Å². The van der Waals surface area contributed by atoms with Crippen LogP contribution in [0.2, 0.25) is 0 Å². The summed E-state index contributed by atoms with van der Waals surface area (Å²) >= 11 is 0. The summed E-state index contributed by atoms with van der Waals surface area (Å²) in [6.45, 7) is 0. The lowest BCUT2D eigenvalue weighted by molar-refractivity contribution is -0.146. The van der Waals surface area contributed by atoms with E-state index in [1.165, 1.54) is 17.5 Å². The number of carboxylic acids is 1. The van der Waals surface area contributed by atoms with Gasteiger partial charge in [0.05, 0.1) is 0 Å². The Bertz CT molecular complexity index is 398. The highest BCUT2D eigenvalue weighted by molar-refractivity contribution is 5.72. The summed E-state index contributed by atoms with van der Waals surface area (Å²) in [7, 11) is 0. The largest absolute Gasteiger partial charge is 0.479 e. The van der Waals surface area contributed by atoms with Crippen LogP contribution in [0.4, 0.5) is 0 Å². The Morgan fingerprint density at radius 3 is 2.81 bits per heavy atom. The van der Waals surface area contributed by atoms with Gasteiger partial charge in [0.2, 0.25) is 0 Å². The lowest BCUT2D eigenvalue weighted by atomic mass is 9.86. The van der Waals surface area contributed by atoms with Gasteiger partial charge in [-0.2, -0.15) is 0 Å². The molecule has 1 atom stereocenters. The van der Waals surface area contributed by atoms with Crippen LogP contribution < -0.4 is 0 Å². The first-order valence-electron chi connectivity index (χ1n) is 5.69. The van der Waals surface area contributed by atoms with E-state index in [0.717, 1.165) is 24.8 Å². The van der Waals surface area contributed by atoms with Crippen molar-refractivity contribution in [3.8, 4) is 0 Å². The quantitative estimate of drug-likeness (QED) is 0.812. The first kappa shape index (κ1) is 11.1. The lowest BCUT2D eigenvalue weighted by Crippen LogP contribution is -2.23. The number of carboxylic acid groups (broad SMARTS) is 1. The summed E-state index contributed by atoms with van der Waals surface area (Å²) in [5, 5.41) is 18.1. The average Bonchev–Trinajstić information content (AvgIpc) is 2.29. The molecule has 2 N–H and O–H groups in total. The Kier molecular flexibility index (Phi) is 3.25. The molecule has 16 heavy (non-hydrogen) atoms. The Morgan fingerprint density at radius 1 is 1.31 bits per heavy atom. The van der Waals surface area contributed by atoms with Crippen molar-refractivity contribution < 1.29 is 15.0 Å². The second kappa shape index (κ2) is 4.66. The Labute approximate surface area is 94.7 Å². The number of aliphatic hydroxyl groups is 1. The fourth-order valence-electron chi connectivity index (χ4n) is 2.35. The van der Waals surface area contributed by atoms with E-state index >= 15 is 0 Å². The minimum Gasteiger partial charge on any atom is -0.479 e. The topological polar surface area (TPSA) is 57.5 Å². The summed E-state index contributed by atoms with van der Waals surface area (Å²) in [4.78, 5) is 10.6. The molecular weight excluding hydrogens is 204 g/mol. The van der Waals surface area contributed by atoms with Gasteiger partial charge in [0.25, 0.3) is 0 Å². The third-order valence-electron chi connectivity index (χ3n) is 3.19. The third kappa shape index (κ3) is 2.25. The van der Waals surface area contributed by atoms with Crippen molar-refractivity contribution in [2.75, 3.05) is 0 Å². The molecule has 3 heteroatoms. The maximum absolute atomic E-state index is 10.6. The standard InChI is InChI=1S/C13H16O3/c14-12(13(15)16)8-10-6-3-5-9-4-1-2-7-11(9)10/h3,5-6,12,14H,1-2,4,7-8H2,(H,15,16). The number of fused-ring (bicyclic) bond motifs is 1. The molecule has 2 rings (SSSR count). The summed E-state index contributed by atoms with van der Waals surface area (Å²) in [6, 6.07) is 5.98. The van der Waals surface area contributed by atoms with Gasteiger partial charge in [-0.1, -0.05) is 18.2 Å². The smallest absolute Gasteiger partial charge is 0.332 e. The van der Waals surface area contributed by atoms with Crippen molar-refractivity contribution in [3.63, 3.8) is 0 Å². The van der Waals surface area contributed by atoms with Gasteiger partial charge in [-0.25, -0.2) is 4.79 Å². The second-order valence-electron chi connectivity index (χ2n) is 4.32. The van der Waals surface area contributed by atoms with Crippen molar-refractivity contribution in [1.82, 2.24) is 0 Å². The Balaban J connectivity index is 2.24.